The lowest BCUT2D eigenvalue weighted by Crippen LogP contribution is -2.30. The number of likely N-dealkylation sites (tertiary alicyclic amines) is 1. The number of amides is 1. The van der Waals surface area contributed by atoms with E-state index in [0.29, 0.717) is 29.6 Å². The van der Waals surface area contributed by atoms with Crippen molar-refractivity contribution in [1.82, 2.24) is 10.2 Å². The molecule has 0 unspecified atom stereocenters. The second kappa shape index (κ2) is 7.13. The topological polar surface area (TPSA) is 32.3 Å². The lowest BCUT2D eigenvalue weighted by atomic mass is 10.2. The quantitative estimate of drug-likeness (QED) is 0.848. The molecule has 1 aliphatic heterocycles. The maximum absolute atomic E-state index is 11.8. The lowest BCUT2D eigenvalue weighted by Gasteiger charge is -2.15. The van der Waals surface area contributed by atoms with Crippen molar-refractivity contribution < 1.29 is 4.79 Å². The number of rotatable bonds is 5. The van der Waals surface area contributed by atoms with Crippen molar-refractivity contribution in [3.05, 3.63) is 33.8 Å². The van der Waals surface area contributed by atoms with Gasteiger partial charge in [-0.15, -0.1) is 0 Å². The second-order valence-corrected chi connectivity index (χ2v) is 5.59. The first-order chi connectivity index (χ1) is 9.16. The van der Waals surface area contributed by atoms with Gasteiger partial charge in [-0.1, -0.05) is 23.2 Å². The second-order valence-electron chi connectivity index (χ2n) is 4.75. The highest BCUT2D eigenvalue weighted by molar-refractivity contribution is 6.33. The van der Waals surface area contributed by atoms with E-state index in [4.69, 9.17) is 23.2 Å². The number of halogens is 2. The molecule has 1 fully saturated rings. The number of nitrogens with one attached hydrogen (secondary N) is 1. The van der Waals surface area contributed by atoms with E-state index in [1.165, 1.54) is 0 Å². The van der Waals surface area contributed by atoms with Crippen LogP contribution in [0.5, 0.6) is 0 Å². The highest BCUT2D eigenvalue weighted by atomic mass is 35.5. The molecule has 0 bridgehead atoms. The first kappa shape index (κ1) is 14.6. The van der Waals surface area contributed by atoms with Crippen LogP contribution < -0.4 is 5.32 Å². The fraction of sp³-hybridized carbons (Fsp3) is 0.500. The third-order valence-electron chi connectivity index (χ3n) is 3.30. The van der Waals surface area contributed by atoms with Gasteiger partial charge in [-0.25, -0.2) is 0 Å². The Morgan fingerprint density at radius 3 is 2.74 bits per heavy atom. The minimum Gasteiger partial charge on any atom is -0.343 e. The summed E-state index contributed by atoms with van der Waals surface area (Å²) >= 11 is 12.0. The largest absolute Gasteiger partial charge is 0.343 e. The average Bonchev–Trinajstić information content (AvgIpc) is 2.92. The van der Waals surface area contributed by atoms with E-state index in [1.807, 2.05) is 11.0 Å². The maximum Gasteiger partial charge on any atom is 0.223 e. The molecule has 5 heteroatoms. The summed E-state index contributed by atoms with van der Waals surface area (Å²) < 4.78 is 0. The van der Waals surface area contributed by atoms with Crippen LogP contribution in [0.1, 0.15) is 24.8 Å². The van der Waals surface area contributed by atoms with Crippen molar-refractivity contribution >= 4 is 29.1 Å². The summed E-state index contributed by atoms with van der Waals surface area (Å²) in [6.07, 6.45) is 2.81. The van der Waals surface area contributed by atoms with E-state index in [-0.39, 0.29) is 5.91 Å². The van der Waals surface area contributed by atoms with Gasteiger partial charge < -0.3 is 10.2 Å². The van der Waals surface area contributed by atoms with Crippen LogP contribution in [-0.4, -0.2) is 30.4 Å². The zero-order valence-electron chi connectivity index (χ0n) is 10.8. The third-order valence-corrected chi connectivity index (χ3v) is 3.90. The van der Waals surface area contributed by atoms with Crippen LogP contribution in [0.3, 0.4) is 0 Å². The Morgan fingerprint density at radius 1 is 1.26 bits per heavy atom. The van der Waals surface area contributed by atoms with Crippen molar-refractivity contribution in [1.29, 1.82) is 0 Å². The summed E-state index contributed by atoms with van der Waals surface area (Å²) in [5.41, 5.74) is 0.961. The van der Waals surface area contributed by atoms with Crippen molar-refractivity contribution in [3.8, 4) is 0 Å². The number of benzene rings is 1. The van der Waals surface area contributed by atoms with Gasteiger partial charge in [0.25, 0.3) is 0 Å². The highest BCUT2D eigenvalue weighted by Crippen LogP contribution is 2.20. The van der Waals surface area contributed by atoms with Crippen LogP contribution in [0.25, 0.3) is 0 Å². The molecule has 1 aromatic carbocycles. The molecule has 0 radical (unpaired) electrons. The first-order valence-corrected chi connectivity index (χ1v) is 7.35. The smallest absolute Gasteiger partial charge is 0.223 e. The molecule has 3 nitrogen and oxygen atoms in total. The monoisotopic (exact) mass is 300 g/mol. The zero-order valence-corrected chi connectivity index (χ0v) is 12.3. The van der Waals surface area contributed by atoms with Crippen LogP contribution in [0, 0.1) is 0 Å². The number of hydrogen-bond acceptors (Lipinski definition) is 2. The normalized spacial score (nSPS) is 14.9. The molecule has 0 saturated carbocycles. The van der Waals surface area contributed by atoms with Crippen molar-refractivity contribution in [3.63, 3.8) is 0 Å². The van der Waals surface area contributed by atoms with Crippen LogP contribution in [0.2, 0.25) is 10.0 Å². The molecular weight excluding hydrogens is 283 g/mol. The Labute approximate surface area is 123 Å². The van der Waals surface area contributed by atoms with E-state index >= 15 is 0 Å². The molecule has 0 aliphatic carbocycles. The molecule has 2 rings (SSSR count). The molecule has 0 aromatic heterocycles. The van der Waals surface area contributed by atoms with E-state index in [1.54, 1.807) is 12.1 Å². The molecule has 1 amide bonds. The van der Waals surface area contributed by atoms with E-state index < -0.39 is 0 Å². The molecular formula is C14H18Cl2N2O. The number of hydrogen-bond donors (Lipinski definition) is 1. The van der Waals surface area contributed by atoms with Gasteiger partial charge in [-0.3, -0.25) is 4.79 Å². The Bertz CT molecular complexity index is 445. The van der Waals surface area contributed by atoms with Crippen LogP contribution in [0.4, 0.5) is 0 Å². The average molecular weight is 301 g/mol. The SMILES string of the molecule is O=C(CCNCc1cc(Cl)ccc1Cl)N1CCCC1. The van der Waals surface area contributed by atoms with Gasteiger partial charge in [-0.05, 0) is 36.6 Å². The Balaban J connectivity index is 1.71. The summed E-state index contributed by atoms with van der Waals surface area (Å²) in [4.78, 5) is 13.8. The molecule has 1 aromatic rings. The Kier molecular flexibility index (Phi) is 5.49. The van der Waals surface area contributed by atoms with Gasteiger partial charge in [0.15, 0.2) is 0 Å². The van der Waals surface area contributed by atoms with E-state index in [9.17, 15) is 4.79 Å². The van der Waals surface area contributed by atoms with Gasteiger partial charge in [0.05, 0.1) is 0 Å². The molecule has 1 saturated heterocycles. The summed E-state index contributed by atoms with van der Waals surface area (Å²) in [6.45, 7) is 3.13. The van der Waals surface area contributed by atoms with Gasteiger partial charge in [0.1, 0.15) is 0 Å². The minimum atomic E-state index is 0.238. The van der Waals surface area contributed by atoms with E-state index in [2.05, 4.69) is 5.32 Å². The first-order valence-electron chi connectivity index (χ1n) is 6.59. The lowest BCUT2D eigenvalue weighted by molar-refractivity contribution is -0.130. The van der Waals surface area contributed by atoms with Crippen molar-refractivity contribution in [2.45, 2.75) is 25.8 Å². The molecule has 1 aliphatic rings. The fourth-order valence-corrected chi connectivity index (χ4v) is 2.60. The Morgan fingerprint density at radius 2 is 2.00 bits per heavy atom. The van der Waals surface area contributed by atoms with Gasteiger partial charge in [0.2, 0.25) is 5.91 Å². The fourth-order valence-electron chi connectivity index (χ4n) is 2.22. The van der Waals surface area contributed by atoms with E-state index in [0.717, 1.165) is 31.5 Å². The predicted octanol–water partition coefficient (Wildman–Crippen LogP) is 3.10. The number of carbonyl (C=O) groups excluding carboxylic acids is 1. The molecule has 0 spiro atoms. The number of nitrogens with zero attached hydrogens (tertiary/aromatic N) is 1. The van der Waals surface area contributed by atoms with Crippen LogP contribution in [0.15, 0.2) is 18.2 Å². The molecule has 1 heterocycles. The van der Waals surface area contributed by atoms with Crippen LogP contribution >= 0.6 is 23.2 Å². The summed E-state index contributed by atoms with van der Waals surface area (Å²) in [7, 11) is 0. The predicted molar refractivity (Wildman–Crippen MR) is 78.6 cm³/mol. The Hall–Kier alpha value is -0.770. The van der Waals surface area contributed by atoms with Crippen LogP contribution in [-0.2, 0) is 11.3 Å². The van der Waals surface area contributed by atoms with Crippen molar-refractivity contribution in [2.24, 2.45) is 0 Å². The number of carbonyl (C=O) groups is 1. The third kappa shape index (κ3) is 4.37. The summed E-state index contributed by atoms with van der Waals surface area (Å²) in [5, 5.41) is 4.61. The van der Waals surface area contributed by atoms with Crippen molar-refractivity contribution in [2.75, 3.05) is 19.6 Å². The molecule has 104 valence electrons. The van der Waals surface area contributed by atoms with Gasteiger partial charge >= 0.3 is 0 Å². The standard InChI is InChI=1S/C14H18Cl2N2O/c15-12-3-4-13(16)11(9-12)10-17-6-5-14(19)18-7-1-2-8-18/h3-4,9,17H,1-2,5-8,10H2. The highest BCUT2D eigenvalue weighted by Gasteiger charge is 2.16. The molecule has 19 heavy (non-hydrogen) atoms. The minimum absolute atomic E-state index is 0.238. The zero-order chi connectivity index (χ0) is 13.7. The summed E-state index contributed by atoms with van der Waals surface area (Å²) in [5.74, 6) is 0.238. The van der Waals surface area contributed by atoms with Gasteiger partial charge in [-0.2, -0.15) is 0 Å². The molecule has 0 atom stereocenters. The van der Waals surface area contributed by atoms with Gasteiger partial charge in [0, 0.05) is 42.6 Å². The maximum atomic E-state index is 11.8. The molecule has 1 N–H and O–H groups in total. The summed E-state index contributed by atoms with van der Waals surface area (Å²) in [6, 6.07) is 5.40.